The molecular weight excluding hydrogens is 232 g/mol. The van der Waals surface area contributed by atoms with E-state index in [2.05, 4.69) is 0 Å². The van der Waals surface area contributed by atoms with Crippen LogP contribution in [0.1, 0.15) is 25.6 Å². The predicted octanol–water partition coefficient (Wildman–Crippen LogP) is 3.24. The van der Waals surface area contributed by atoms with Gasteiger partial charge in [0.25, 0.3) is 5.69 Å². The summed E-state index contributed by atoms with van der Waals surface area (Å²) >= 11 is 0. The molecule has 5 heteroatoms. The maximum atomic E-state index is 12.2. The van der Waals surface area contributed by atoms with E-state index in [1.165, 1.54) is 16.7 Å². The van der Waals surface area contributed by atoms with Crippen molar-refractivity contribution in [3.05, 3.63) is 40.6 Å². The second-order valence-corrected chi connectivity index (χ2v) is 5.24. The molecule has 0 bridgehead atoms. The normalized spacial score (nSPS) is 11.7. The smallest absolute Gasteiger partial charge is 0.271 e. The topological polar surface area (TPSA) is 65.1 Å². The lowest BCUT2D eigenvalue weighted by atomic mass is 9.95. The van der Waals surface area contributed by atoms with Gasteiger partial charge in [-0.2, -0.15) is 0 Å². The Bertz CT molecular complexity index is 635. The van der Waals surface area contributed by atoms with Gasteiger partial charge in [-0.05, 0) is 12.1 Å². The van der Waals surface area contributed by atoms with Gasteiger partial charge in [0, 0.05) is 29.1 Å². The van der Waals surface area contributed by atoms with E-state index in [0.717, 1.165) is 5.39 Å². The van der Waals surface area contributed by atoms with Crippen LogP contribution in [0.5, 0.6) is 0 Å². The molecule has 5 nitrogen and oxygen atoms in total. The number of hydrogen-bond donors (Lipinski definition) is 0. The molecule has 18 heavy (non-hydrogen) atoms. The molecule has 1 aromatic carbocycles. The molecule has 0 fully saturated rings. The molecule has 0 atom stereocenters. The van der Waals surface area contributed by atoms with Gasteiger partial charge in [-0.3, -0.25) is 19.5 Å². The number of hydrogen-bond acceptors (Lipinski definition) is 3. The molecular formula is C13H14N2O3. The number of nitro benzene ring substituents is 1. The van der Waals surface area contributed by atoms with Gasteiger partial charge in [0.2, 0.25) is 5.91 Å². The standard InChI is InChI=1S/C13H14N2O3/c1-13(2,3)12(16)14-7-6-9-4-5-10(15(17)18)8-11(9)14/h4-8H,1-3H3. The molecule has 94 valence electrons. The lowest BCUT2D eigenvalue weighted by Crippen LogP contribution is -2.25. The van der Waals surface area contributed by atoms with Gasteiger partial charge in [0.15, 0.2) is 0 Å². The number of carbonyl (C=O) groups excluding carboxylic acids is 1. The van der Waals surface area contributed by atoms with Crippen LogP contribution < -0.4 is 0 Å². The summed E-state index contributed by atoms with van der Waals surface area (Å²) in [6, 6.07) is 6.30. The zero-order chi connectivity index (χ0) is 13.5. The summed E-state index contributed by atoms with van der Waals surface area (Å²) in [5.74, 6) is -0.0852. The molecule has 0 spiro atoms. The quantitative estimate of drug-likeness (QED) is 0.573. The van der Waals surface area contributed by atoms with Crippen LogP contribution in [-0.2, 0) is 0 Å². The number of benzene rings is 1. The first-order chi connectivity index (χ1) is 8.30. The highest BCUT2D eigenvalue weighted by atomic mass is 16.6. The van der Waals surface area contributed by atoms with Crippen molar-refractivity contribution < 1.29 is 9.72 Å². The van der Waals surface area contributed by atoms with E-state index in [0.29, 0.717) is 5.52 Å². The Morgan fingerprint density at radius 1 is 1.28 bits per heavy atom. The number of aromatic nitrogens is 1. The molecule has 0 aliphatic carbocycles. The largest absolute Gasteiger partial charge is 0.287 e. The second-order valence-electron chi connectivity index (χ2n) is 5.24. The molecule has 0 unspecified atom stereocenters. The Kier molecular flexibility index (Phi) is 2.69. The van der Waals surface area contributed by atoms with Crippen LogP contribution in [0.2, 0.25) is 0 Å². The van der Waals surface area contributed by atoms with Gasteiger partial charge in [-0.1, -0.05) is 20.8 Å². The number of non-ortho nitro benzene ring substituents is 1. The van der Waals surface area contributed by atoms with Crippen LogP contribution in [0.25, 0.3) is 10.9 Å². The van der Waals surface area contributed by atoms with Gasteiger partial charge >= 0.3 is 0 Å². The highest BCUT2D eigenvalue weighted by Crippen LogP contribution is 2.25. The van der Waals surface area contributed by atoms with Crippen molar-refractivity contribution in [1.29, 1.82) is 0 Å². The molecule has 0 aliphatic rings. The van der Waals surface area contributed by atoms with Crippen molar-refractivity contribution in [3.8, 4) is 0 Å². The van der Waals surface area contributed by atoms with Gasteiger partial charge in [-0.15, -0.1) is 0 Å². The average Bonchev–Trinajstić information content (AvgIpc) is 2.68. The lowest BCUT2D eigenvalue weighted by Gasteiger charge is -2.17. The maximum Gasteiger partial charge on any atom is 0.271 e. The third-order valence-electron chi connectivity index (χ3n) is 2.75. The first kappa shape index (κ1) is 12.3. The number of carbonyl (C=O) groups is 1. The van der Waals surface area contributed by atoms with E-state index in [1.54, 1.807) is 18.3 Å². The van der Waals surface area contributed by atoms with E-state index >= 15 is 0 Å². The minimum Gasteiger partial charge on any atom is -0.287 e. The SMILES string of the molecule is CC(C)(C)C(=O)n1ccc2ccc([N+](=O)[O-])cc21. The second kappa shape index (κ2) is 3.94. The highest BCUT2D eigenvalue weighted by molar-refractivity contribution is 5.95. The van der Waals surface area contributed by atoms with Crippen LogP contribution in [0, 0.1) is 15.5 Å². The van der Waals surface area contributed by atoms with Gasteiger partial charge < -0.3 is 0 Å². The molecule has 0 amide bonds. The Morgan fingerprint density at radius 3 is 2.50 bits per heavy atom. The third kappa shape index (κ3) is 1.99. The Labute approximate surface area is 104 Å². The molecule has 2 rings (SSSR count). The van der Waals surface area contributed by atoms with E-state index in [1.807, 2.05) is 20.8 Å². The fourth-order valence-corrected chi connectivity index (χ4v) is 1.77. The van der Waals surface area contributed by atoms with Crippen molar-refractivity contribution >= 4 is 22.5 Å². The summed E-state index contributed by atoms with van der Waals surface area (Å²) in [6.45, 7) is 5.45. The molecule has 1 aromatic heterocycles. The minimum atomic E-state index is -0.531. The third-order valence-corrected chi connectivity index (χ3v) is 2.75. The van der Waals surface area contributed by atoms with E-state index in [4.69, 9.17) is 0 Å². The molecule has 0 aliphatic heterocycles. The monoisotopic (exact) mass is 246 g/mol. The van der Waals surface area contributed by atoms with E-state index in [9.17, 15) is 14.9 Å². The predicted molar refractivity (Wildman–Crippen MR) is 68.7 cm³/mol. The van der Waals surface area contributed by atoms with Crippen LogP contribution in [0.3, 0.4) is 0 Å². The number of fused-ring (bicyclic) bond motifs is 1. The molecule has 0 N–H and O–H groups in total. The van der Waals surface area contributed by atoms with Gasteiger partial charge in [-0.25, -0.2) is 0 Å². The fourth-order valence-electron chi connectivity index (χ4n) is 1.77. The number of nitrogens with zero attached hydrogens (tertiary/aromatic N) is 2. The molecule has 0 saturated heterocycles. The van der Waals surface area contributed by atoms with Crippen molar-refractivity contribution in [2.45, 2.75) is 20.8 Å². The average molecular weight is 246 g/mol. The van der Waals surface area contributed by atoms with Gasteiger partial charge in [0.05, 0.1) is 10.4 Å². The summed E-state index contributed by atoms with van der Waals surface area (Å²) in [5, 5.41) is 11.6. The van der Waals surface area contributed by atoms with E-state index in [-0.39, 0.29) is 11.6 Å². The highest BCUT2D eigenvalue weighted by Gasteiger charge is 2.24. The zero-order valence-electron chi connectivity index (χ0n) is 10.5. The Morgan fingerprint density at radius 2 is 1.94 bits per heavy atom. The van der Waals surface area contributed by atoms with Crippen molar-refractivity contribution in [2.75, 3.05) is 0 Å². The lowest BCUT2D eigenvalue weighted by molar-refractivity contribution is -0.384. The van der Waals surface area contributed by atoms with Crippen LogP contribution >= 0.6 is 0 Å². The fraction of sp³-hybridized carbons (Fsp3) is 0.308. The van der Waals surface area contributed by atoms with Crippen molar-refractivity contribution in [2.24, 2.45) is 5.41 Å². The molecule has 1 heterocycles. The summed E-state index contributed by atoms with van der Waals surface area (Å²) in [6.07, 6.45) is 1.65. The zero-order valence-corrected chi connectivity index (χ0v) is 10.5. The van der Waals surface area contributed by atoms with Crippen LogP contribution in [0.15, 0.2) is 30.5 Å². The van der Waals surface area contributed by atoms with Crippen LogP contribution in [0.4, 0.5) is 5.69 Å². The summed E-state index contributed by atoms with van der Waals surface area (Å²) < 4.78 is 1.47. The molecule has 0 radical (unpaired) electrons. The Balaban J connectivity index is 2.62. The Hall–Kier alpha value is -2.17. The van der Waals surface area contributed by atoms with Crippen molar-refractivity contribution in [3.63, 3.8) is 0 Å². The minimum absolute atomic E-state index is 0.0100. The molecule has 0 saturated carbocycles. The van der Waals surface area contributed by atoms with Crippen molar-refractivity contribution in [1.82, 2.24) is 4.57 Å². The summed E-state index contributed by atoms with van der Waals surface area (Å²) in [7, 11) is 0. The maximum absolute atomic E-state index is 12.2. The number of nitro groups is 1. The van der Waals surface area contributed by atoms with Gasteiger partial charge in [0.1, 0.15) is 0 Å². The number of rotatable bonds is 1. The van der Waals surface area contributed by atoms with Crippen LogP contribution in [-0.4, -0.2) is 15.4 Å². The first-order valence-corrected chi connectivity index (χ1v) is 5.61. The summed E-state index contributed by atoms with van der Waals surface area (Å²) in [4.78, 5) is 22.5. The first-order valence-electron chi connectivity index (χ1n) is 5.61. The molecule has 2 aromatic rings. The summed E-state index contributed by atoms with van der Waals surface area (Å²) in [5.41, 5.74) is 0.0320. The van der Waals surface area contributed by atoms with E-state index < -0.39 is 10.3 Å².